The van der Waals surface area contributed by atoms with E-state index in [0.29, 0.717) is 11.8 Å². The van der Waals surface area contributed by atoms with Gasteiger partial charge in [0, 0.05) is 24.4 Å². The molecule has 124 valence electrons. The molecule has 3 rings (SSSR count). The van der Waals surface area contributed by atoms with E-state index < -0.39 is 5.97 Å². The second-order valence-corrected chi connectivity index (χ2v) is 6.32. The summed E-state index contributed by atoms with van der Waals surface area (Å²) in [5.74, 6) is -0.430. The first-order valence-corrected chi connectivity index (χ1v) is 7.58. The van der Waals surface area contributed by atoms with E-state index in [9.17, 15) is 5.11 Å². The maximum atomic E-state index is 9.71. The van der Waals surface area contributed by atoms with E-state index in [2.05, 4.69) is 24.9 Å². The number of halogens is 1. The van der Waals surface area contributed by atoms with Gasteiger partial charge in [-0.1, -0.05) is 18.6 Å². The van der Waals surface area contributed by atoms with Crippen LogP contribution in [0.1, 0.15) is 45.1 Å². The van der Waals surface area contributed by atoms with E-state index in [-0.39, 0.29) is 17.8 Å². The van der Waals surface area contributed by atoms with E-state index >= 15 is 0 Å². The number of phenols is 1. The van der Waals surface area contributed by atoms with Gasteiger partial charge in [0.15, 0.2) is 0 Å². The van der Waals surface area contributed by atoms with Crippen LogP contribution in [-0.4, -0.2) is 40.2 Å². The number of likely N-dealkylation sites (N-methyl/N-ethyl adjacent to an activating group) is 1. The van der Waals surface area contributed by atoms with Crippen LogP contribution < -0.4 is 0 Å². The predicted octanol–water partition coefficient (Wildman–Crippen LogP) is 3.42. The number of aliphatic carboxylic acids is 1. The van der Waals surface area contributed by atoms with Crippen molar-refractivity contribution in [2.24, 2.45) is 0 Å². The first-order chi connectivity index (χ1) is 9.86. The molecule has 3 atom stereocenters. The molecule has 2 fully saturated rings. The molecule has 2 bridgehead atoms. The molecule has 1 heterocycles. The third-order valence-corrected chi connectivity index (χ3v) is 5.17. The Morgan fingerprint density at radius 1 is 1.41 bits per heavy atom. The fraction of sp³-hybridized carbons (Fsp3) is 0.588. The summed E-state index contributed by atoms with van der Waals surface area (Å²) < 4.78 is 0. The van der Waals surface area contributed by atoms with Crippen LogP contribution in [0.2, 0.25) is 0 Å². The summed E-state index contributed by atoms with van der Waals surface area (Å²) in [5.41, 5.74) is 1.61. The van der Waals surface area contributed by atoms with Gasteiger partial charge in [-0.3, -0.25) is 9.69 Å². The summed E-state index contributed by atoms with van der Waals surface area (Å²) in [7, 11) is 2.26. The molecule has 2 aliphatic rings. The van der Waals surface area contributed by atoms with Gasteiger partial charge in [-0.25, -0.2) is 0 Å². The Morgan fingerprint density at radius 3 is 2.64 bits per heavy atom. The fourth-order valence-electron chi connectivity index (χ4n) is 4.03. The first kappa shape index (κ1) is 18.8. The lowest BCUT2D eigenvalue weighted by molar-refractivity contribution is -0.134. The predicted molar refractivity (Wildman–Crippen MR) is 89.8 cm³/mol. The van der Waals surface area contributed by atoms with Gasteiger partial charge < -0.3 is 10.2 Å². The van der Waals surface area contributed by atoms with Crippen molar-refractivity contribution in [1.29, 1.82) is 0 Å². The van der Waals surface area contributed by atoms with E-state index in [4.69, 9.17) is 9.90 Å². The van der Waals surface area contributed by atoms with Crippen molar-refractivity contribution in [2.45, 2.75) is 57.0 Å². The van der Waals surface area contributed by atoms with Gasteiger partial charge in [-0.15, -0.1) is 12.4 Å². The van der Waals surface area contributed by atoms with Gasteiger partial charge in [0.25, 0.3) is 5.97 Å². The molecule has 1 aromatic rings. The van der Waals surface area contributed by atoms with E-state index in [0.717, 1.165) is 13.0 Å². The zero-order valence-corrected chi connectivity index (χ0v) is 14.3. The lowest BCUT2D eigenvalue weighted by atomic mass is 9.67. The minimum absolute atomic E-state index is 0. The highest BCUT2D eigenvalue weighted by Gasteiger charge is 2.51. The van der Waals surface area contributed by atoms with Gasteiger partial charge in [0.2, 0.25) is 0 Å². The molecule has 4 nitrogen and oxygen atoms in total. The molecule has 1 aromatic carbocycles. The molecule has 0 radical (unpaired) electrons. The number of carboxylic acid groups (broad SMARTS) is 1. The van der Waals surface area contributed by atoms with Crippen molar-refractivity contribution in [1.82, 2.24) is 4.90 Å². The van der Waals surface area contributed by atoms with Gasteiger partial charge in [-0.05, 0) is 50.9 Å². The number of rotatable bonds is 1. The van der Waals surface area contributed by atoms with Crippen molar-refractivity contribution in [2.75, 3.05) is 7.05 Å². The Bertz CT molecular complexity index is 518. The number of hydrogen-bond donors (Lipinski definition) is 2. The quantitative estimate of drug-likeness (QED) is 0.829. The number of carbonyl (C=O) groups is 1. The second-order valence-electron chi connectivity index (χ2n) is 6.32. The van der Waals surface area contributed by atoms with Gasteiger partial charge in [-0.2, -0.15) is 0 Å². The molecule has 1 aliphatic carbocycles. The van der Waals surface area contributed by atoms with E-state index in [1.165, 1.54) is 31.2 Å². The summed E-state index contributed by atoms with van der Waals surface area (Å²) >= 11 is 0. The minimum atomic E-state index is -0.833. The molecule has 1 saturated heterocycles. The van der Waals surface area contributed by atoms with Crippen LogP contribution >= 0.6 is 12.4 Å². The summed E-state index contributed by atoms with van der Waals surface area (Å²) in [6.45, 7) is 3.43. The maximum Gasteiger partial charge on any atom is 0.300 e. The van der Waals surface area contributed by atoms with Crippen LogP contribution in [0.15, 0.2) is 24.3 Å². The number of aromatic hydroxyl groups is 1. The number of likely N-dealkylation sites (tertiary alicyclic amines) is 1. The average Bonchev–Trinajstić information content (AvgIpc) is 2.60. The minimum Gasteiger partial charge on any atom is -0.508 e. The lowest BCUT2D eigenvalue weighted by Gasteiger charge is -2.36. The molecule has 1 aliphatic heterocycles. The normalized spacial score (nSPS) is 30.0. The molecule has 22 heavy (non-hydrogen) atoms. The molecular weight excluding hydrogens is 302 g/mol. The van der Waals surface area contributed by atoms with Crippen molar-refractivity contribution in [3.8, 4) is 5.75 Å². The Balaban J connectivity index is 0.000000436. The number of nitrogens with zero attached hydrogens (tertiary/aromatic N) is 1. The monoisotopic (exact) mass is 327 g/mol. The van der Waals surface area contributed by atoms with Gasteiger partial charge >= 0.3 is 0 Å². The van der Waals surface area contributed by atoms with Crippen LogP contribution in [-0.2, 0) is 10.2 Å². The molecule has 1 saturated carbocycles. The van der Waals surface area contributed by atoms with Crippen LogP contribution in [0.4, 0.5) is 0 Å². The molecule has 2 N–H and O–H groups in total. The summed E-state index contributed by atoms with van der Waals surface area (Å²) in [6.07, 6.45) is 5.17. The van der Waals surface area contributed by atoms with Crippen molar-refractivity contribution >= 4 is 18.4 Å². The number of carboxylic acids is 1. The largest absolute Gasteiger partial charge is 0.508 e. The molecule has 3 unspecified atom stereocenters. The Kier molecular flexibility index (Phi) is 6.27. The number of phenolic OH excluding ortho intramolecular Hbond substituents is 1. The summed E-state index contributed by atoms with van der Waals surface area (Å²) in [4.78, 5) is 11.5. The van der Waals surface area contributed by atoms with Crippen LogP contribution in [0, 0.1) is 0 Å². The highest BCUT2D eigenvalue weighted by atomic mass is 35.5. The lowest BCUT2D eigenvalue weighted by Crippen LogP contribution is -2.38. The van der Waals surface area contributed by atoms with E-state index in [1.54, 1.807) is 6.07 Å². The number of fused-ring (bicyclic) bond motifs is 2. The van der Waals surface area contributed by atoms with Gasteiger partial charge in [0.05, 0.1) is 0 Å². The van der Waals surface area contributed by atoms with Crippen LogP contribution in [0.5, 0.6) is 5.75 Å². The highest BCUT2D eigenvalue weighted by Crippen LogP contribution is 2.51. The first-order valence-electron chi connectivity index (χ1n) is 7.58. The Hall–Kier alpha value is -1.26. The third-order valence-electron chi connectivity index (χ3n) is 5.17. The maximum absolute atomic E-state index is 9.71. The molecule has 5 heteroatoms. The van der Waals surface area contributed by atoms with E-state index in [1.807, 2.05) is 12.1 Å². The van der Waals surface area contributed by atoms with Crippen molar-refractivity contribution in [3.63, 3.8) is 0 Å². The zero-order valence-electron chi connectivity index (χ0n) is 13.5. The van der Waals surface area contributed by atoms with Crippen LogP contribution in [0.25, 0.3) is 0 Å². The Morgan fingerprint density at radius 2 is 2.05 bits per heavy atom. The second kappa shape index (κ2) is 7.34. The van der Waals surface area contributed by atoms with Crippen molar-refractivity contribution in [3.05, 3.63) is 29.8 Å². The van der Waals surface area contributed by atoms with Crippen molar-refractivity contribution < 1.29 is 15.0 Å². The standard InChI is InChI=1S/C15H21NO.C2H4O2.ClH/c1-11-15(12-5-3-7-14(17)9-12)8-4-6-13(10-15)16(11)2;1-2(3)4;/h3,5,7,9,11,13,17H,4,6,8,10H2,1-2H3;1H3,(H,3,4);1H. The Labute approximate surface area is 138 Å². The van der Waals surface area contributed by atoms with Crippen LogP contribution in [0.3, 0.4) is 0 Å². The number of benzene rings is 1. The summed E-state index contributed by atoms with van der Waals surface area (Å²) in [6, 6.07) is 9.23. The molecule has 0 aromatic heterocycles. The smallest absolute Gasteiger partial charge is 0.300 e. The molecule has 0 amide bonds. The summed E-state index contributed by atoms with van der Waals surface area (Å²) in [5, 5.41) is 17.1. The highest BCUT2D eigenvalue weighted by molar-refractivity contribution is 5.85. The molecular formula is C17H26ClNO3. The fourth-order valence-corrected chi connectivity index (χ4v) is 4.03. The zero-order chi connectivity index (χ0) is 15.6. The molecule has 0 spiro atoms. The average molecular weight is 328 g/mol. The SMILES string of the molecule is CC(=O)O.CC1N(C)C2CCCC1(c1cccc(O)c1)C2.Cl. The topological polar surface area (TPSA) is 60.8 Å². The third kappa shape index (κ3) is 3.55. The van der Waals surface area contributed by atoms with Gasteiger partial charge in [0.1, 0.15) is 5.75 Å². The number of hydrogen-bond acceptors (Lipinski definition) is 3.